The molecule has 0 atom stereocenters. The Kier molecular flexibility index (Phi) is 4.18. The summed E-state index contributed by atoms with van der Waals surface area (Å²) in [7, 11) is 1.60. The first kappa shape index (κ1) is 17.3. The third kappa shape index (κ3) is 2.68. The Bertz CT molecular complexity index is 1070. The second-order valence-electron chi connectivity index (χ2n) is 6.64. The predicted octanol–water partition coefficient (Wildman–Crippen LogP) is 3.31. The first-order valence-corrected chi connectivity index (χ1v) is 9.04. The zero-order valence-corrected chi connectivity index (χ0v) is 15.7. The van der Waals surface area contributed by atoms with Gasteiger partial charge < -0.3 is 9.64 Å². The van der Waals surface area contributed by atoms with E-state index < -0.39 is 0 Å². The Balaban J connectivity index is 1.80. The third-order valence-electron chi connectivity index (χ3n) is 5.07. The standard InChI is InChI=1S/C21H21N3O3/c1-4-16-19(24-10-5-6-18(27-3)20(24)22-16)21(26)23-11-9-15-12-14(13(2)25)7-8-17(15)23/h5-8,10,12H,4,9,11H2,1-3H3. The van der Waals surface area contributed by atoms with Gasteiger partial charge in [-0.3, -0.25) is 14.0 Å². The average molecular weight is 363 g/mol. The number of rotatable bonds is 4. The monoisotopic (exact) mass is 363 g/mol. The molecule has 0 saturated heterocycles. The van der Waals surface area contributed by atoms with Crippen LogP contribution in [0, 0.1) is 0 Å². The Labute approximate surface area is 157 Å². The van der Waals surface area contributed by atoms with E-state index >= 15 is 0 Å². The summed E-state index contributed by atoms with van der Waals surface area (Å²) >= 11 is 0. The maximum atomic E-state index is 13.4. The summed E-state index contributed by atoms with van der Waals surface area (Å²) in [6, 6.07) is 9.23. The summed E-state index contributed by atoms with van der Waals surface area (Å²) in [6.45, 7) is 4.14. The lowest BCUT2D eigenvalue weighted by Gasteiger charge is -2.18. The molecule has 1 aliphatic heterocycles. The van der Waals surface area contributed by atoms with Gasteiger partial charge in [0.15, 0.2) is 17.2 Å². The van der Waals surface area contributed by atoms with Crippen molar-refractivity contribution in [2.45, 2.75) is 26.7 Å². The van der Waals surface area contributed by atoms with Crippen LogP contribution >= 0.6 is 0 Å². The number of carbonyl (C=O) groups is 2. The highest BCUT2D eigenvalue weighted by atomic mass is 16.5. The summed E-state index contributed by atoms with van der Waals surface area (Å²) in [5.41, 5.74) is 4.53. The third-order valence-corrected chi connectivity index (χ3v) is 5.07. The molecule has 0 bridgehead atoms. The lowest BCUT2D eigenvalue weighted by molar-refractivity contribution is 0.0981. The minimum atomic E-state index is -0.0815. The van der Waals surface area contributed by atoms with Gasteiger partial charge in [-0.1, -0.05) is 6.92 Å². The molecular weight excluding hydrogens is 342 g/mol. The van der Waals surface area contributed by atoms with E-state index in [9.17, 15) is 9.59 Å². The Morgan fingerprint density at radius 1 is 1.26 bits per heavy atom. The van der Waals surface area contributed by atoms with Crippen molar-refractivity contribution in [2.24, 2.45) is 0 Å². The van der Waals surface area contributed by atoms with Gasteiger partial charge in [-0.2, -0.15) is 0 Å². The van der Waals surface area contributed by atoms with Gasteiger partial charge in [0, 0.05) is 24.0 Å². The molecule has 0 fully saturated rings. The molecule has 0 aliphatic carbocycles. The summed E-state index contributed by atoms with van der Waals surface area (Å²) in [5.74, 6) is 0.589. The fraction of sp³-hybridized carbons (Fsp3) is 0.286. The minimum absolute atomic E-state index is 0.0322. The van der Waals surface area contributed by atoms with Crippen LogP contribution in [0.2, 0.25) is 0 Å². The molecule has 3 heterocycles. The number of imidazole rings is 1. The number of nitrogens with zero attached hydrogens (tertiary/aromatic N) is 3. The number of ether oxygens (including phenoxy) is 1. The Morgan fingerprint density at radius 3 is 2.78 bits per heavy atom. The molecule has 0 N–H and O–H groups in total. The molecule has 1 aliphatic rings. The molecule has 0 saturated carbocycles. The SMILES string of the molecule is CCc1nc2c(OC)cccn2c1C(=O)N1CCc2cc(C(C)=O)ccc21. The molecule has 4 rings (SSSR count). The fourth-order valence-electron chi connectivity index (χ4n) is 3.68. The molecule has 0 unspecified atom stereocenters. The van der Waals surface area contributed by atoms with Gasteiger partial charge in [0.2, 0.25) is 0 Å². The summed E-state index contributed by atoms with van der Waals surface area (Å²) in [6.07, 6.45) is 3.23. The van der Waals surface area contributed by atoms with Gasteiger partial charge in [-0.15, -0.1) is 0 Å². The van der Waals surface area contributed by atoms with Crippen molar-refractivity contribution in [1.82, 2.24) is 9.38 Å². The number of hydrogen-bond acceptors (Lipinski definition) is 4. The fourth-order valence-corrected chi connectivity index (χ4v) is 3.68. The molecule has 0 spiro atoms. The lowest BCUT2D eigenvalue weighted by Crippen LogP contribution is -2.30. The highest BCUT2D eigenvalue weighted by Crippen LogP contribution is 2.32. The van der Waals surface area contributed by atoms with Crippen LogP contribution in [0.5, 0.6) is 5.75 Å². The van der Waals surface area contributed by atoms with Gasteiger partial charge in [0.1, 0.15) is 5.69 Å². The van der Waals surface area contributed by atoms with E-state index in [0.29, 0.717) is 35.6 Å². The van der Waals surface area contributed by atoms with Crippen molar-refractivity contribution < 1.29 is 14.3 Å². The maximum Gasteiger partial charge on any atom is 0.277 e. The summed E-state index contributed by atoms with van der Waals surface area (Å²) in [4.78, 5) is 31.5. The number of ketones is 1. The second kappa shape index (κ2) is 6.54. The van der Waals surface area contributed by atoms with E-state index in [4.69, 9.17) is 4.74 Å². The Morgan fingerprint density at radius 2 is 2.07 bits per heavy atom. The van der Waals surface area contributed by atoms with Gasteiger partial charge in [0.05, 0.1) is 12.8 Å². The normalized spacial score (nSPS) is 13.1. The quantitative estimate of drug-likeness (QED) is 0.667. The number of aryl methyl sites for hydroxylation is 1. The van der Waals surface area contributed by atoms with Crippen LogP contribution in [-0.4, -0.2) is 34.7 Å². The highest BCUT2D eigenvalue weighted by Gasteiger charge is 2.30. The molecule has 138 valence electrons. The predicted molar refractivity (Wildman–Crippen MR) is 103 cm³/mol. The number of anilines is 1. The number of pyridine rings is 1. The van der Waals surface area contributed by atoms with E-state index in [1.807, 2.05) is 41.8 Å². The van der Waals surface area contributed by atoms with Crippen LogP contribution in [0.25, 0.3) is 5.65 Å². The number of amides is 1. The van der Waals surface area contributed by atoms with Crippen molar-refractivity contribution in [3.63, 3.8) is 0 Å². The van der Waals surface area contributed by atoms with Crippen LogP contribution in [-0.2, 0) is 12.8 Å². The van der Waals surface area contributed by atoms with Gasteiger partial charge in [-0.05, 0) is 55.7 Å². The average Bonchev–Trinajstić information content (AvgIpc) is 3.27. The lowest BCUT2D eigenvalue weighted by atomic mass is 10.1. The molecule has 6 heteroatoms. The molecule has 3 aromatic rings. The first-order chi connectivity index (χ1) is 13.0. The van der Waals surface area contributed by atoms with Crippen molar-refractivity contribution in [2.75, 3.05) is 18.6 Å². The first-order valence-electron chi connectivity index (χ1n) is 9.04. The van der Waals surface area contributed by atoms with E-state index in [1.54, 1.807) is 25.0 Å². The van der Waals surface area contributed by atoms with Crippen molar-refractivity contribution in [1.29, 1.82) is 0 Å². The van der Waals surface area contributed by atoms with Gasteiger partial charge >= 0.3 is 0 Å². The van der Waals surface area contributed by atoms with E-state index in [-0.39, 0.29) is 11.7 Å². The van der Waals surface area contributed by atoms with Crippen LogP contribution < -0.4 is 9.64 Å². The molecule has 6 nitrogen and oxygen atoms in total. The zero-order chi connectivity index (χ0) is 19.1. The summed E-state index contributed by atoms with van der Waals surface area (Å²) in [5, 5.41) is 0. The number of fused-ring (bicyclic) bond motifs is 2. The molecule has 2 aromatic heterocycles. The number of benzene rings is 1. The van der Waals surface area contributed by atoms with E-state index in [0.717, 1.165) is 23.4 Å². The maximum absolute atomic E-state index is 13.4. The number of Topliss-reactive ketones (excluding diaryl/α,β-unsaturated/α-hetero) is 1. The van der Waals surface area contributed by atoms with Crippen LogP contribution in [0.15, 0.2) is 36.5 Å². The van der Waals surface area contributed by atoms with Crippen molar-refractivity contribution in [3.8, 4) is 5.75 Å². The molecular formula is C21H21N3O3. The molecule has 1 amide bonds. The Hall–Kier alpha value is -3.15. The second-order valence-corrected chi connectivity index (χ2v) is 6.64. The molecule has 1 aromatic carbocycles. The zero-order valence-electron chi connectivity index (χ0n) is 15.7. The molecule has 0 radical (unpaired) electrons. The number of aromatic nitrogens is 2. The minimum Gasteiger partial charge on any atom is -0.493 e. The highest BCUT2D eigenvalue weighted by molar-refractivity contribution is 6.08. The van der Waals surface area contributed by atoms with Gasteiger partial charge in [-0.25, -0.2) is 4.98 Å². The van der Waals surface area contributed by atoms with Gasteiger partial charge in [0.25, 0.3) is 5.91 Å². The smallest absolute Gasteiger partial charge is 0.277 e. The molecule has 27 heavy (non-hydrogen) atoms. The number of carbonyl (C=O) groups excluding carboxylic acids is 2. The van der Waals surface area contributed by atoms with E-state index in [1.165, 1.54) is 0 Å². The van der Waals surface area contributed by atoms with Crippen LogP contribution in [0.4, 0.5) is 5.69 Å². The van der Waals surface area contributed by atoms with Crippen LogP contribution in [0.1, 0.15) is 46.0 Å². The number of hydrogen-bond donors (Lipinski definition) is 0. The largest absolute Gasteiger partial charge is 0.493 e. The number of methoxy groups -OCH3 is 1. The summed E-state index contributed by atoms with van der Waals surface area (Å²) < 4.78 is 7.20. The van der Waals surface area contributed by atoms with E-state index in [2.05, 4.69) is 4.98 Å². The van der Waals surface area contributed by atoms with Crippen molar-refractivity contribution >= 4 is 23.0 Å². The van der Waals surface area contributed by atoms with Crippen molar-refractivity contribution in [3.05, 3.63) is 59.0 Å². The van der Waals surface area contributed by atoms with Crippen LogP contribution in [0.3, 0.4) is 0 Å². The topological polar surface area (TPSA) is 63.9 Å².